The van der Waals surface area contributed by atoms with E-state index in [-0.39, 0.29) is 23.3 Å². The SMILES string of the molecule is CC[C@@H](C)CS(=O)(=O)NC(=O)c1nnn(-c2ccccc2)c1C1CC1. The molecule has 1 aromatic carbocycles. The molecule has 2 aromatic rings. The summed E-state index contributed by atoms with van der Waals surface area (Å²) in [6.45, 7) is 3.75. The Labute approximate surface area is 147 Å². The molecule has 1 fully saturated rings. The maximum atomic E-state index is 12.5. The molecule has 0 unspecified atom stereocenters. The van der Waals surface area contributed by atoms with Crippen molar-refractivity contribution in [2.24, 2.45) is 5.92 Å². The van der Waals surface area contributed by atoms with Gasteiger partial charge in [0.1, 0.15) is 0 Å². The zero-order valence-corrected chi connectivity index (χ0v) is 15.2. The molecule has 25 heavy (non-hydrogen) atoms. The van der Waals surface area contributed by atoms with Crippen LogP contribution < -0.4 is 4.72 Å². The average Bonchev–Trinajstić information content (AvgIpc) is 3.32. The summed E-state index contributed by atoms with van der Waals surface area (Å²) < 4.78 is 28.1. The molecule has 1 saturated carbocycles. The van der Waals surface area contributed by atoms with Crippen molar-refractivity contribution in [1.29, 1.82) is 0 Å². The number of carbonyl (C=O) groups excluding carboxylic acids is 1. The summed E-state index contributed by atoms with van der Waals surface area (Å²) in [5.74, 6) is -0.616. The molecular formula is C17H22N4O3S. The molecule has 7 nitrogen and oxygen atoms in total. The Hall–Kier alpha value is -2.22. The number of hydrogen-bond acceptors (Lipinski definition) is 5. The molecule has 3 rings (SSSR count). The smallest absolute Gasteiger partial charge is 0.266 e. The zero-order valence-electron chi connectivity index (χ0n) is 14.3. The largest absolute Gasteiger partial charge is 0.287 e. The van der Waals surface area contributed by atoms with Gasteiger partial charge in [0, 0.05) is 5.92 Å². The number of para-hydroxylation sites is 1. The van der Waals surface area contributed by atoms with Gasteiger partial charge in [0.25, 0.3) is 5.91 Å². The van der Waals surface area contributed by atoms with Crippen molar-refractivity contribution in [2.75, 3.05) is 5.75 Å². The predicted octanol–water partition coefficient (Wildman–Crippen LogP) is 2.25. The van der Waals surface area contributed by atoms with Crippen LogP contribution >= 0.6 is 0 Å². The summed E-state index contributed by atoms with van der Waals surface area (Å²) >= 11 is 0. The van der Waals surface area contributed by atoms with E-state index in [1.165, 1.54) is 0 Å². The monoisotopic (exact) mass is 362 g/mol. The summed E-state index contributed by atoms with van der Waals surface area (Å²) in [5, 5.41) is 8.06. The van der Waals surface area contributed by atoms with Crippen molar-refractivity contribution in [1.82, 2.24) is 19.7 Å². The molecule has 1 aliphatic carbocycles. The number of nitrogens with zero attached hydrogens (tertiary/aromatic N) is 3. The third kappa shape index (κ3) is 4.07. The maximum Gasteiger partial charge on any atom is 0.287 e. The van der Waals surface area contributed by atoms with E-state index >= 15 is 0 Å². The predicted molar refractivity (Wildman–Crippen MR) is 94.0 cm³/mol. The van der Waals surface area contributed by atoms with Crippen LogP contribution in [0.3, 0.4) is 0 Å². The van der Waals surface area contributed by atoms with Crippen LogP contribution in [0.1, 0.15) is 55.2 Å². The molecule has 0 aliphatic heterocycles. The fourth-order valence-electron chi connectivity index (χ4n) is 2.66. The van der Waals surface area contributed by atoms with Crippen LogP contribution in [0.2, 0.25) is 0 Å². The summed E-state index contributed by atoms with van der Waals surface area (Å²) in [6.07, 6.45) is 2.62. The van der Waals surface area contributed by atoms with Gasteiger partial charge >= 0.3 is 0 Å². The van der Waals surface area contributed by atoms with Crippen LogP contribution in [-0.4, -0.2) is 35.1 Å². The first-order valence-electron chi connectivity index (χ1n) is 8.47. The molecule has 8 heteroatoms. The second-order valence-electron chi connectivity index (χ2n) is 6.57. The highest BCUT2D eigenvalue weighted by Crippen LogP contribution is 2.41. The van der Waals surface area contributed by atoms with Crippen molar-refractivity contribution in [2.45, 2.75) is 39.0 Å². The topological polar surface area (TPSA) is 93.9 Å². The van der Waals surface area contributed by atoms with Gasteiger partial charge in [0.15, 0.2) is 5.69 Å². The quantitative estimate of drug-likeness (QED) is 0.815. The van der Waals surface area contributed by atoms with Crippen LogP contribution in [0.5, 0.6) is 0 Å². The van der Waals surface area contributed by atoms with E-state index in [4.69, 9.17) is 0 Å². The van der Waals surface area contributed by atoms with E-state index < -0.39 is 15.9 Å². The lowest BCUT2D eigenvalue weighted by molar-refractivity contribution is 0.0975. The highest BCUT2D eigenvalue weighted by atomic mass is 32.2. The van der Waals surface area contributed by atoms with Crippen molar-refractivity contribution in [3.8, 4) is 5.69 Å². The van der Waals surface area contributed by atoms with Crippen LogP contribution in [0.4, 0.5) is 0 Å². The average molecular weight is 362 g/mol. The molecule has 0 radical (unpaired) electrons. The number of amides is 1. The normalized spacial score (nSPS) is 15.8. The highest BCUT2D eigenvalue weighted by Gasteiger charge is 2.35. The highest BCUT2D eigenvalue weighted by molar-refractivity contribution is 7.90. The minimum absolute atomic E-state index is 0.0202. The van der Waals surface area contributed by atoms with Gasteiger partial charge in [-0.05, 0) is 30.9 Å². The van der Waals surface area contributed by atoms with Crippen molar-refractivity contribution < 1.29 is 13.2 Å². The second-order valence-corrected chi connectivity index (χ2v) is 8.34. The minimum atomic E-state index is -3.69. The molecule has 134 valence electrons. The zero-order chi connectivity index (χ0) is 18.0. The van der Waals surface area contributed by atoms with E-state index in [9.17, 15) is 13.2 Å². The molecule has 1 amide bonds. The van der Waals surface area contributed by atoms with Gasteiger partial charge in [0.05, 0.1) is 17.1 Å². The second kappa shape index (κ2) is 6.95. The molecule has 0 bridgehead atoms. The third-order valence-electron chi connectivity index (χ3n) is 4.33. The van der Waals surface area contributed by atoms with Crippen LogP contribution in [0.15, 0.2) is 30.3 Å². The lowest BCUT2D eigenvalue weighted by atomic mass is 10.2. The Morgan fingerprint density at radius 2 is 2.00 bits per heavy atom. The third-order valence-corrected chi connectivity index (χ3v) is 5.84. The van der Waals surface area contributed by atoms with Crippen molar-refractivity contribution >= 4 is 15.9 Å². The fourth-order valence-corrected chi connectivity index (χ4v) is 4.10. The number of hydrogen-bond donors (Lipinski definition) is 1. The molecular weight excluding hydrogens is 340 g/mol. The maximum absolute atomic E-state index is 12.5. The Balaban J connectivity index is 1.88. The summed E-state index contributed by atoms with van der Waals surface area (Å²) in [6, 6.07) is 9.41. The Morgan fingerprint density at radius 1 is 1.32 bits per heavy atom. The van der Waals surface area contributed by atoms with E-state index in [1.807, 2.05) is 44.2 Å². The minimum Gasteiger partial charge on any atom is -0.266 e. The van der Waals surface area contributed by atoms with Crippen LogP contribution in [0.25, 0.3) is 5.69 Å². The summed E-state index contributed by atoms with van der Waals surface area (Å²) in [4.78, 5) is 12.5. The van der Waals surface area contributed by atoms with Gasteiger partial charge in [-0.2, -0.15) is 0 Å². The number of carbonyl (C=O) groups is 1. The molecule has 1 N–H and O–H groups in total. The van der Waals surface area contributed by atoms with Gasteiger partial charge < -0.3 is 0 Å². The first kappa shape index (κ1) is 17.6. The van der Waals surface area contributed by atoms with E-state index in [2.05, 4.69) is 15.0 Å². The Morgan fingerprint density at radius 3 is 2.60 bits per heavy atom. The van der Waals surface area contributed by atoms with Gasteiger partial charge in [-0.25, -0.2) is 17.8 Å². The summed E-state index contributed by atoms with van der Waals surface area (Å²) in [5.41, 5.74) is 1.58. The first-order chi connectivity index (χ1) is 11.9. The van der Waals surface area contributed by atoms with Gasteiger partial charge in [0.2, 0.25) is 10.0 Å². The van der Waals surface area contributed by atoms with Gasteiger partial charge in [-0.3, -0.25) is 4.79 Å². The van der Waals surface area contributed by atoms with Gasteiger partial charge in [-0.1, -0.05) is 43.7 Å². The Kier molecular flexibility index (Phi) is 4.89. The fraction of sp³-hybridized carbons (Fsp3) is 0.471. The number of aromatic nitrogens is 3. The summed E-state index contributed by atoms with van der Waals surface area (Å²) in [7, 11) is -3.69. The van der Waals surface area contributed by atoms with Crippen LogP contribution in [0, 0.1) is 5.92 Å². The molecule has 1 aromatic heterocycles. The van der Waals surface area contributed by atoms with E-state index in [1.54, 1.807) is 4.68 Å². The van der Waals surface area contributed by atoms with E-state index in [0.29, 0.717) is 5.69 Å². The van der Waals surface area contributed by atoms with Crippen LogP contribution in [-0.2, 0) is 10.0 Å². The van der Waals surface area contributed by atoms with Gasteiger partial charge in [-0.15, -0.1) is 5.10 Å². The molecule has 1 atom stereocenters. The number of benzene rings is 1. The van der Waals surface area contributed by atoms with Crippen molar-refractivity contribution in [3.05, 3.63) is 41.7 Å². The molecule has 1 heterocycles. The molecule has 0 saturated heterocycles. The number of sulfonamides is 1. The molecule has 1 aliphatic rings. The van der Waals surface area contributed by atoms with E-state index in [0.717, 1.165) is 24.9 Å². The Bertz CT molecular complexity index is 857. The number of rotatable bonds is 7. The number of nitrogens with one attached hydrogen (secondary N) is 1. The standard InChI is InChI=1S/C17H22N4O3S/c1-3-12(2)11-25(23,24)19-17(22)15-16(13-9-10-13)21(20-18-15)14-7-5-4-6-8-14/h4-8,12-13H,3,9-11H2,1-2H3,(H,19,22)/t12-/m1/s1. The molecule has 0 spiro atoms. The van der Waals surface area contributed by atoms with Crippen molar-refractivity contribution in [3.63, 3.8) is 0 Å². The first-order valence-corrected chi connectivity index (χ1v) is 10.1. The lowest BCUT2D eigenvalue weighted by Crippen LogP contribution is -2.35. The lowest BCUT2D eigenvalue weighted by Gasteiger charge is -2.11.